The highest BCUT2D eigenvalue weighted by atomic mass is 16.6. The third kappa shape index (κ3) is 52.3. The Bertz CT molecular complexity index is 1150. The molecule has 6 heteroatoms. The highest BCUT2D eigenvalue weighted by Crippen LogP contribution is 2.16. The predicted octanol–water partition coefficient (Wildman–Crippen LogP) is 19.0. The van der Waals surface area contributed by atoms with Crippen molar-refractivity contribution in [2.75, 3.05) is 13.2 Å². The number of esters is 3. The summed E-state index contributed by atoms with van der Waals surface area (Å²) in [6, 6.07) is 0. The summed E-state index contributed by atoms with van der Waals surface area (Å²) in [7, 11) is 0. The Morgan fingerprint density at radius 1 is 0.303 bits per heavy atom. The van der Waals surface area contributed by atoms with E-state index in [2.05, 4.69) is 69.4 Å². The number of carbonyl (C=O) groups is 3. The lowest BCUT2D eigenvalue weighted by molar-refractivity contribution is -0.167. The number of allylic oxidation sites excluding steroid dienone is 8. The van der Waals surface area contributed by atoms with Gasteiger partial charge in [0.25, 0.3) is 0 Å². The number of carbonyl (C=O) groups excluding carboxylic acids is 3. The normalized spacial score (nSPS) is 12.3. The number of ether oxygens (including phenoxy) is 3. The summed E-state index contributed by atoms with van der Waals surface area (Å²) < 4.78 is 16.9. The van der Waals surface area contributed by atoms with Crippen molar-refractivity contribution < 1.29 is 28.6 Å². The topological polar surface area (TPSA) is 78.9 Å². The molecule has 0 N–H and O–H groups in total. The number of hydrogen-bond acceptors (Lipinski definition) is 6. The first-order valence-corrected chi connectivity index (χ1v) is 28.7. The zero-order valence-electron chi connectivity index (χ0n) is 44.0. The first-order valence-electron chi connectivity index (χ1n) is 28.7. The predicted molar refractivity (Wildman–Crippen MR) is 284 cm³/mol. The molecule has 0 aromatic heterocycles. The van der Waals surface area contributed by atoms with Gasteiger partial charge in [0.15, 0.2) is 6.10 Å². The average molecular weight is 926 g/mol. The molecule has 0 aliphatic heterocycles. The van der Waals surface area contributed by atoms with Gasteiger partial charge in [-0.15, -0.1) is 0 Å². The van der Waals surface area contributed by atoms with E-state index in [1.807, 2.05) is 0 Å². The highest BCUT2D eigenvalue weighted by molar-refractivity contribution is 5.71. The van der Waals surface area contributed by atoms with Crippen molar-refractivity contribution in [1.29, 1.82) is 0 Å². The summed E-state index contributed by atoms with van der Waals surface area (Å²) in [5.41, 5.74) is 0. The molecule has 0 bridgehead atoms. The summed E-state index contributed by atoms with van der Waals surface area (Å²) in [6.45, 7) is 6.60. The molecule has 0 spiro atoms. The second-order valence-corrected chi connectivity index (χ2v) is 19.3. The lowest BCUT2D eigenvalue weighted by Gasteiger charge is -2.18. The van der Waals surface area contributed by atoms with Crippen molar-refractivity contribution in [3.05, 3.63) is 48.6 Å². The SMILES string of the molecule is CCCCC/C=C\C=C/CCCCCCCCC(=O)OCC(COC(=O)CCCCCCCCCCCCCCCCCCCC)OC(=O)CCCCCCCC/C=C\C=C/CCCCC. The van der Waals surface area contributed by atoms with Crippen LogP contribution in [0, 0.1) is 0 Å². The minimum absolute atomic E-state index is 0.0789. The molecule has 0 radical (unpaired) electrons. The molecular formula is C60H108O6. The minimum Gasteiger partial charge on any atom is -0.462 e. The molecule has 0 aromatic carbocycles. The van der Waals surface area contributed by atoms with Gasteiger partial charge in [-0.25, -0.2) is 0 Å². The van der Waals surface area contributed by atoms with E-state index in [0.717, 1.165) is 70.6 Å². The second kappa shape index (κ2) is 55.0. The molecule has 0 fully saturated rings. The van der Waals surface area contributed by atoms with Gasteiger partial charge in [0.05, 0.1) is 0 Å². The van der Waals surface area contributed by atoms with Crippen LogP contribution in [-0.4, -0.2) is 37.2 Å². The van der Waals surface area contributed by atoms with Crippen molar-refractivity contribution in [2.24, 2.45) is 0 Å². The monoisotopic (exact) mass is 925 g/mol. The molecule has 66 heavy (non-hydrogen) atoms. The van der Waals surface area contributed by atoms with Crippen LogP contribution in [0.15, 0.2) is 48.6 Å². The lowest BCUT2D eigenvalue weighted by Crippen LogP contribution is -2.30. The van der Waals surface area contributed by atoms with Crippen LogP contribution in [0.3, 0.4) is 0 Å². The summed E-state index contributed by atoms with van der Waals surface area (Å²) in [4.78, 5) is 38.1. The fraction of sp³-hybridized carbons (Fsp3) is 0.817. The maximum Gasteiger partial charge on any atom is 0.306 e. The van der Waals surface area contributed by atoms with E-state index >= 15 is 0 Å². The Labute approximate surface area is 409 Å². The molecule has 0 heterocycles. The minimum atomic E-state index is -0.782. The van der Waals surface area contributed by atoms with Gasteiger partial charge in [-0.3, -0.25) is 14.4 Å². The molecule has 0 aliphatic rings. The maximum atomic E-state index is 12.8. The van der Waals surface area contributed by atoms with E-state index in [1.165, 1.54) is 186 Å². The zero-order valence-corrected chi connectivity index (χ0v) is 44.0. The summed E-state index contributed by atoms with van der Waals surface area (Å²) in [6.07, 6.45) is 66.6. The number of rotatable bonds is 52. The molecule has 1 unspecified atom stereocenters. The van der Waals surface area contributed by atoms with Gasteiger partial charge in [-0.2, -0.15) is 0 Å². The van der Waals surface area contributed by atoms with Crippen LogP contribution in [-0.2, 0) is 28.6 Å². The Morgan fingerprint density at radius 2 is 0.530 bits per heavy atom. The molecule has 0 aliphatic carbocycles. The van der Waals surface area contributed by atoms with Crippen LogP contribution in [0.25, 0.3) is 0 Å². The Balaban J connectivity index is 4.37. The van der Waals surface area contributed by atoms with Crippen LogP contribution in [0.4, 0.5) is 0 Å². The van der Waals surface area contributed by atoms with E-state index in [1.54, 1.807) is 0 Å². The molecule has 384 valence electrons. The first kappa shape index (κ1) is 63.4. The van der Waals surface area contributed by atoms with Crippen LogP contribution in [0.1, 0.15) is 297 Å². The second-order valence-electron chi connectivity index (χ2n) is 19.3. The maximum absolute atomic E-state index is 12.8. The van der Waals surface area contributed by atoms with Gasteiger partial charge in [0, 0.05) is 19.3 Å². The van der Waals surface area contributed by atoms with Crippen molar-refractivity contribution in [3.8, 4) is 0 Å². The summed E-state index contributed by atoms with van der Waals surface area (Å²) >= 11 is 0. The Kier molecular flexibility index (Phi) is 52.8. The van der Waals surface area contributed by atoms with E-state index in [0.29, 0.717) is 19.3 Å². The van der Waals surface area contributed by atoms with Crippen LogP contribution < -0.4 is 0 Å². The standard InChI is InChI=1S/C60H108O6/c1-4-7-10-13-16-19-22-25-28-29-30-33-35-38-41-44-47-50-53-59(62)65-56-57(66-60(63)54-51-48-45-42-39-36-32-27-24-21-18-15-12-9-6-3)55-64-58(61)52-49-46-43-40-37-34-31-26-23-20-17-14-11-8-5-2/h17-18,20-21,23-24,26-27,57H,4-16,19,22,25,28-56H2,1-3H3/b20-17-,21-18-,26-23-,27-24-. The van der Waals surface area contributed by atoms with E-state index in [-0.39, 0.29) is 31.1 Å². The van der Waals surface area contributed by atoms with E-state index < -0.39 is 6.10 Å². The Hall–Kier alpha value is -2.63. The molecule has 0 saturated heterocycles. The fourth-order valence-corrected chi connectivity index (χ4v) is 8.25. The molecule has 0 saturated carbocycles. The van der Waals surface area contributed by atoms with Gasteiger partial charge < -0.3 is 14.2 Å². The zero-order chi connectivity index (χ0) is 47.9. The van der Waals surface area contributed by atoms with Crippen LogP contribution in [0.2, 0.25) is 0 Å². The van der Waals surface area contributed by atoms with E-state index in [9.17, 15) is 14.4 Å². The number of hydrogen-bond donors (Lipinski definition) is 0. The van der Waals surface area contributed by atoms with Crippen molar-refractivity contribution in [2.45, 2.75) is 303 Å². The van der Waals surface area contributed by atoms with Crippen LogP contribution >= 0.6 is 0 Å². The molecule has 1 atom stereocenters. The quantitative estimate of drug-likeness (QED) is 0.0262. The van der Waals surface area contributed by atoms with Gasteiger partial charge in [-0.1, -0.05) is 256 Å². The average Bonchev–Trinajstić information content (AvgIpc) is 3.31. The summed E-state index contributed by atoms with van der Waals surface area (Å²) in [5.74, 6) is -0.889. The molecule has 0 rings (SSSR count). The van der Waals surface area contributed by atoms with Gasteiger partial charge in [0.1, 0.15) is 13.2 Å². The fourth-order valence-electron chi connectivity index (χ4n) is 8.25. The summed E-state index contributed by atoms with van der Waals surface area (Å²) in [5, 5.41) is 0. The third-order valence-corrected chi connectivity index (χ3v) is 12.6. The molecular weight excluding hydrogens is 817 g/mol. The first-order chi connectivity index (χ1) is 32.5. The van der Waals surface area contributed by atoms with Gasteiger partial charge >= 0.3 is 17.9 Å². The van der Waals surface area contributed by atoms with Crippen molar-refractivity contribution in [3.63, 3.8) is 0 Å². The molecule has 0 aromatic rings. The van der Waals surface area contributed by atoms with Crippen molar-refractivity contribution in [1.82, 2.24) is 0 Å². The van der Waals surface area contributed by atoms with Crippen molar-refractivity contribution >= 4 is 17.9 Å². The lowest BCUT2D eigenvalue weighted by atomic mass is 10.0. The smallest absolute Gasteiger partial charge is 0.306 e. The van der Waals surface area contributed by atoms with Crippen LogP contribution in [0.5, 0.6) is 0 Å². The van der Waals surface area contributed by atoms with Gasteiger partial charge in [0.2, 0.25) is 0 Å². The Morgan fingerprint density at radius 3 is 0.833 bits per heavy atom. The highest BCUT2D eigenvalue weighted by Gasteiger charge is 2.19. The largest absolute Gasteiger partial charge is 0.462 e. The third-order valence-electron chi connectivity index (χ3n) is 12.6. The molecule has 0 amide bonds. The number of unbranched alkanes of at least 4 members (excludes halogenated alkanes) is 35. The molecule has 6 nitrogen and oxygen atoms in total. The van der Waals surface area contributed by atoms with E-state index in [4.69, 9.17) is 14.2 Å². The van der Waals surface area contributed by atoms with Gasteiger partial charge in [-0.05, 0) is 70.6 Å².